The fourth-order valence-electron chi connectivity index (χ4n) is 12.1. The van der Waals surface area contributed by atoms with E-state index in [1.165, 1.54) is 244 Å². The van der Waals surface area contributed by atoms with Gasteiger partial charge in [-0.15, -0.1) is 0 Å². The molecule has 2 rings (SSSR count). The zero-order chi connectivity index (χ0) is 63.8. The van der Waals surface area contributed by atoms with Gasteiger partial charge < -0.3 is 65.1 Å². The molecule has 2 aliphatic rings. The van der Waals surface area contributed by atoms with E-state index in [1.54, 1.807) is 6.08 Å². The minimum atomic E-state index is -1.79. The monoisotopic (exact) mass is 1250 g/mol. The van der Waals surface area contributed by atoms with Crippen LogP contribution in [-0.4, -0.2) is 140 Å². The molecule has 9 N–H and O–H groups in total. The van der Waals surface area contributed by atoms with E-state index in [4.69, 9.17) is 18.9 Å². The number of nitrogens with one attached hydrogen (secondary N) is 1. The van der Waals surface area contributed by atoms with Crippen molar-refractivity contribution in [2.75, 3.05) is 19.8 Å². The molecule has 516 valence electrons. The Morgan fingerprint density at radius 2 is 0.727 bits per heavy atom. The second-order valence-electron chi connectivity index (χ2n) is 26.1. The van der Waals surface area contributed by atoms with Crippen LogP contribution < -0.4 is 5.32 Å². The third-order valence-corrected chi connectivity index (χ3v) is 18.0. The Kier molecular flexibility index (Phi) is 54.8. The normalized spacial score (nSPS) is 23.4. The summed E-state index contributed by atoms with van der Waals surface area (Å²) in [6.45, 7) is 2.78. The van der Waals surface area contributed by atoms with Crippen molar-refractivity contribution in [3.05, 3.63) is 48.6 Å². The zero-order valence-electron chi connectivity index (χ0n) is 56.2. The molecule has 0 aromatic heterocycles. The lowest BCUT2D eigenvalue weighted by atomic mass is 9.97. The lowest BCUT2D eigenvalue weighted by Crippen LogP contribution is -2.65. The highest BCUT2D eigenvalue weighted by atomic mass is 16.7. The molecule has 1 amide bonds. The number of unbranched alkanes of at least 4 members (excludes halogenated alkanes) is 42. The lowest BCUT2D eigenvalue weighted by Gasteiger charge is -2.46. The molecule has 0 aliphatic carbocycles. The molecular formula is C74H137NO13. The minimum Gasteiger partial charge on any atom is -0.394 e. The third kappa shape index (κ3) is 42.2. The number of hydrogen-bond acceptors (Lipinski definition) is 13. The van der Waals surface area contributed by atoms with Gasteiger partial charge in [0, 0.05) is 6.42 Å². The van der Waals surface area contributed by atoms with Crippen molar-refractivity contribution < 1.29 is 64.6 Å². The van der Waals surface area contributed by atoms with E-state index in [-0.39, 0.29) is 18.9 Å². The lowest BCUT2D eigenvalue weighted by molar-refractivity contribution is -0.359. The van der Waals surface area contributed by atoms with Gasteiger partial charge in [-0.2, -0.15) is 0 Å². The number of aliphatic hydroxyl groups excluding tert-OH is 8. The van der Waals surface area contributed by atoms with Gasteiger partial charge in [-0.1, -0.05) is 294 Å². The molecule has 2 heterocycles. The third-order valence-electron chi connectivity index (χ3n) is 18.0. The number of carbonyl (C=O) groups is 1. The number of ether oxygens (including phenoxy) is 4. The Labute approximate surface area is 537 Å². The molecule has 12 unspecified atom stereocenters. The Hall–Kier alpha value is -2.05. The molecule has 0 spiro atoms. The molecule has 14 nitrogen and oxygen atoms in total. The van der Waals surface area contributed by atoms with Crippen LogP contribution in [0.5, 0.6) is 0 Å². The second-order valence-corrected chi connectivity index (χ2v) is 26.1. The highest BCUT2D eigenvalue weighted by Gasteiger charge is 2.51. The number of hydrogen-bond donors (Lipinski definition) is 9. The Bertz CT molecular complexity index is 1660. The molecule has 0 bridgehead atoms. The molecule has 14 heteroatoms. The van der Waals surface area contributed by atoms with E-state index in [9.17, 15) is 45.6 Å². The largest absolute Gasteiger partial charge is 0.394 e. The summed E-state index contributed by atoms with van der Waals surface area (Å²) in [5.41, 5.74) is 0. The van der Waals surface area contributed by atoms with Crippen LogP contribution in [-0.2, 0) is 23.7 Å². The standard InChI is InChI=1S/C74H137NO13/c1-3-5-7-9-11-13-15-17-19-20-21-22-23-24-25-26-27-28-29-30-31-32-33-34-35-36-37-38-39-40-41-42-44-46-48-50-52-54-56-58-66(79)75-62(63(78)57-55-53-51-49-47-45-43-18-16-14-12-10-8-6-4-2)61-85-73-71(84)69(82)72(65(60-77)87-73)88-74-70(83)68(81)67(80)64(59-76)86-74/h16,18,20-21,47,49,55,57,62-65,67-74,76-78,80-84H,3-15,17,19,22-46,48,50-54,56,58-61H2,1-2H3,(H,75,79)/b18-16+,21-20-,49-47+,57-55+. The van der Waals surface area contributed by atoms with E-state index in [2.05, 4.69) is 55.6 Å². The van der Waals surface area contributed by atoms with Crippen LogP contribution in [0, 0.1) is 0 Å². The average Bonchev–Trinajstić information content (AvgIpc) is 2.01. The molecule has 2 aliphatic heterocycles. The number of aliphatic hydroxyl groups is 8. The summed E-state index contributed by atoms with van der Waals surface area (Å²) in [5.74, 6) is -0.249. The van der Waals surface area contributed by atoms with Crippen molar-refractivity contribution in [1.82, 2.24) is 5.32 Å². The Morgan fingerprint density at radius 3 is 1.11 bits per heavy atom. The second kappa shape index (κ2) is 58.7. The van der Waals surface area contributed by atoms with Gasteiger partial charge in [-0.3, -0.25) is 4.79 Å². The quantitative estimate of drug-likeness (QED) is 0.0204. The molecule has 0 saturated carbocycles. The van der Waals surface area contributed by atoms with Gasteiger partial charge in [0.15, 0.2) is 12.6 Å². The van der Waals surface area contributed by atoms with Crippen molar-refractivity contribution in [2.24, 2.45) is 0 Å². The van der Waals surface area contributed by atoms with Crippen LogP contribution in [0.15, 0.2) is 48.6 Å². The summed E-state index contributed by atoms with van der Waals surface area (Å²) in [7, 11) is 0. The maximum Gasteiger partial charge on any atom is 0.220 e. The molecule has 2 fully saturated rings. The number of carbonyl (C=O) groups excluding carboxylic acids is 1. The molecule has 0 radical (unpaired) electrons. The molecule has 2 saturated heterocycles. The zero-order valence-corrected chi connectivity index (χ0v) is 56.2. The van der Waals surface area contributed by atoms with Gasteiger partial charge in [-0.25, -0.2) is 0 Å². The Morgan fingerprint density at radius 1 is 0.398 bits per heavy atom. The molecule has 88 heavy (non-hydrogen) atoms. The molecular weight excluding hydrogens is 1110 g/mol. The van der Waals surface area contributed by atoms with Gasteiger partial charge in [0.2, 0.25) is 5.91 Å². The van der Waals surface area contributed by atoms with Crippen LogP contribution in [0.1, 0.15) is 322 Å². The van der Waals surface area contributed by atoms with Gasteiger partial charge in [0.25, 0.3) is 0 Å². The fraction of sp³-hybridized carbons (Fsp3) is 0.878. The summed E-state index contributed by atoms with van der Waals surface area (Å²) in [6, 6.07) is -0.937. The van der Waals surface area contributed by atoms with E-state index in [0.29, 0.717) is 12.8 Å². The van der Waals surface area contributed by atoms with Gasteiger partial charge in [0.1, 0.15) is 48.8 Å². The number of rotatable bonds is 61. The van der Waals surface area contributed by atoms with Gasteiger partial charge in [-0.05, 0) is 70.6 Å². The maximum absolute atomic E-state index is 13.3. The van der Waals surface area contributed by atoms with E-state index < -0.39 is 86.8 Å². The molecule has 12 atom stereocenters. The first-order valence-corrected chi connectivity index (χ1v) is 36.9. The van der Waals surface area contributed by atoms with E-state index >= 15 is 0 Å². The predicted molar refractivity (Wildman–Crippen MR) is 360 cm³/mol. The van der Waals surface area contributed by atoms with Crippen molar-refractivity contribution in [3.8, 4) is 0 Å². The summed E-state index contributed by atoms with van der Waals surface area (Å²) in [4.78, 5) is 13.3. The van der Waals surface area contributed by atoms with Crippen LogP contribution in [0.3, 0.4) is 0 Å². The van der Waals surface area contributed by atoms with Crippen LogP contribution in [0.4, 0.5) is 0 Å². The van der Waals surface area contributed by atoms with Crippen molar-refractivity contribution in [2.45, 2.75) is 396 Å². The summed E-state index contributed by atoms with van der Waals surface area (Å²) in [6.07, 6.45) is 60.7. The summed E-state index contributed by atoms with van der Waals surface area (Å²) >= 11 is 0. The SMILES string of the molecule is CCCCCCC/C=C/CC/C=C/CC/C=C/C(O)C(COC1OC(CO)C(OC2OC(CO)C(O)C(O)C2O)C(O)C1O)NC(=O)CCCCCCCCCCCCCCCCCCCCCCCCCCCCC/C=C\CCCCCCCCCC. The minimum absolute atomic E-state index is 0.249. The van der Waals surface area contributed by atoms with Crippen molar-refractivity contribution >= 4 is 5.91 Å². The van der Waals surface area contributed by atoms with Crippen LogP contribution >= 0.6 is 0 Å². The first-order chi connectivity index (χ1) is 43.1. The summed E-state index contributed by atoms with van der Waals surface area (Å²) in [5, 5.41) is 87.3. The smallest absolute Gasteiger partial charge is 0.220 e. The van der Waals surface area contributed by atoms with Gasteiger partial charge in [0.05, 0.1) is 32.0 Å². The highest BCUT2D eigenvalue weighted by molar-refractivity contribution is 5.76. The van der Waals surface area contributed by atoms with E-state index in [0.717, 1.165) is 44.9 Å². The topological polar surface area (TPSA) is 228 Å². The molecule has 0 aromatic rings. The van der Waals surface area contributed by atoms with E-state index in [1.807, 2.05) is 6.08 Å². The Balaban J connectivity index is 1.56. The highest BCUT2D eigenvalue weighted by Crippen LogP contribution is 2.30. The van der Waals surface area contributed by atoms with Crippen molar-refractivity contribution in [1.29, 1.82) is 0 Å². The molecule has 0 aromatic carbocycles. The number of allylic oxidation sites excluding steroid dienone is 7. The first kappa shape index (κ1) is 82.0. The number of amides is 1. The first-order valence-electron chi connectivity index (χ1n) is 36.9. The maximum atomic E-state index is 13.3. The predicted octanol–water partition coefficient (Wildman–Crippen LogP) is 15.5. The van der Waals surface area contributed by atoms with Crippen LogP contribution in [0.2, 0.25) is 0 Å². The fourth-order valence-corrected chi connectivity index (χ4v) is 12.1. The average molecular weight is 1250 g/mol. The summed E-state index contributed by atoms with van der Waals surface area (Å²) < 4.78 is 22.8. The van der Waals surface area contributed by atoms with Crippen LogP contribution in [0.25, 0.3) is 0 Å². The van der Waals surface area contributed by atoms with Gasteiger partial charge >= 0.3 is 0 Å². The van der Waals surface area contributed by atoms with Crippen molar-refractivity contribution in [3.63, 3.8) is 0 Å².